The Morgan fingerprint density at radius 3 is 2.54 bits per heavy atom. The number of phenols is 1. The molecule has 0 saturated heterocycles. The van der Waals surface area contributed by atoms with Crippen LogP contribution in [0.1, 0.15) is 5.56 Å². The van der Waals surface area contributed by atoms with E-state index in [1.54, 1.807) is 6.07 Å². The van der Waals surface area contributed by atoms with Gasteiger partial charge in [0.1, 0.15) is 5.75 Å². The van der Waals surface area contributed by atoms with E-state index >= 15 is 0 Å². The van der Waals surface area contributed by atoms with Crippen molar-refractivity contribution in [3.05, 3.63) is 28.8 Å². The minimum absolute atomic E-state index is 0.0853. The van der Waals surface area contributed by atoms with Crippen molar-refractivity contribution in [2.45, 2.75) is 5.75 Å². The van der Waals surface area contributed by atoms with Crippen molar-refractivity contribution in [2.24, 2.45) is 0 Å². The highest BCUT2D eigenvalue weighted by molar-refractivity contribution is 7.89. The van der Waals surface area contributed by atoms with Crippen molar-refractivity contribution < 1.29 is 13.5 Å². The highest BCUT2D eigenvalue weighted by atomic mass is 35.5. The van der Waals surface area contributed by atoms with Gasteiger partial charge in [0.25, 0.3) is 0 Å². The van der Waals surface area contributed by atoms with Crippen molar-refractivity contribution in [1.82, 2.24) is 0 Å². The van der Waals surface area contributed by atoms with Gasteiger partial charge in [0.15, 0.2) is 9.84 Å². The number of hydrogen-bond acceptors (Lipinski definition) is 3. The molecule has 0 saturated carbocycles. The smallest absolute Gasteiger partial charge is 0.151 e. The second-order valence-corrected chi connectivity index (χ2v) is 5.42. The van der Waals surface area contributed by atoms with Gasteiger partial charge in [0, 0.05) is 16.8 Å². The summed E-state index contributed by atoms with van der Waals surface area (Å²) in [6, 6.07) is 4.36. The molecule has 0 fully saturated rings. The summed E-state index contributed by atoms with van der Waals surface area (Å²) in [6.45, 7) is 0. The molecular formula is C8H9ClO3S. The summed E-state index contributed by atoms with van der Waals surface area (Å²) in [5, 5.41) is 9.69. The molecule has 0 aliphatic rings. The third kappa shape index (κ3) is 3.24. The summed E-state index contributed by atoms with van der Waals surface area (Å²) in [4.78, 5) is 0. The number of halogens is 1. The lowest BCUT2D eigenvalue weighted by atomic mass is 10.2. The summed E-state index contributed by atoms with van der Waals surface area (Å²) in [6.07, 6.45) is 1.11. The van der Waals surface area contributed by atoms with E-state index in [0.29, 0.717) is 10.6 Å². The maximum atomic E-state index is 10.9. The van der Waals surface area contributed by atoms with E-state index in [1.807, 2.05) is 0 Å². The van der Waals surface area contributed by atoms with Crippen LogP contribution in [0.4, 0.5) is 0 Å². The number of aromatic hydroxyl groups is 1. The number of hydrogen-bond donors (Lipinski definition) is 1. The molecule has 0 radical (unpaired) electrons. The molecule has 0 atom stereocenters. The van der Waals surface area contributed by atoms with Crippen molar-refractivity contribution in [3.8, 4) is 5.75 Å². The fraction of sp³-hybridized carbons (Fsp3) is 0.250. The molecule has 0 aromatic heterocycles. The Balaban J connectivity index is 3.04. The molecule has 0 bridgehead atoms. The van der Waals surface area contributed by atoms with E-state index in [1.165, 1.54) is 12.1 Å². The summed E-state index contributed by atoms with van der Waals surface area (Å²) < 4.78 is 21.8. The molecule has 1 N–H and O–H groups in total. The molecular weight excluding hydrogens is 212 g/mol. The molecule has 1 rings (SSSR count). The van der Waals surface area contributed by atoms with Crippen LogP contribution in [0, 0.1) is 0 Å². The Bertz CT molecular complexity index is 411. The van der Waals surface area contributed by atoms with Gasteiger partial charge in [0.2, 0.25) is 0 Å². The summed E-state index contributed by atoms with van der Waals surface area (Å²) in [5.74, 6) is -0.256. The van der Waals surface area contributed by atoms with E-state index in [2.05, 4.69) is 0 Å². The fourth-order valence-corrected chi connectivity index (χ4v) is 1.92. The van der Waals surface area contributed by atoms with Crippen LogP contribution in [0.5, 0.6) is 5.75 Å². The average molecular weight is 221 g/mol. The van der Waals surface area contributed by atoms with Gasteiger partial charge >= 0.3 is 0 Å². The maximum absolute atomic E-state index is 10.9. The first-order valence-electron chi connectivity index (χ1n) is 3.53. The molecule has 0 amide bonds. The first-order valence-corrected chi connectivity index (χ1v) is 5.97. The van der Waals surface area contributed by atoms with Gasteiger partial charge in [-0.2, -0.15) is 0 Å². The van der Waals surface area contributed by atoms with Crippen LogP contribution in [0.25, 0.3) is 0 Å². The minimum Gasteiger partial charge on any atom is -0.508 e. The first kappa shape index (κ1) is 10.3. The monoisotopic (exact) mass is 220 g/mol. The number of benzene rings is 1. The van der Waals surface area contributed by atoms with Crippen molar-refractivity contribution in [3.63, 3.8) is 0 Å². The molecule has 0 aliphatic heterocycles. The zero-order chi connectivity index (χ0) is 10.1. The van der Waals surface area contributed by atoms with E-state index in [0.717, 1.165) is 6.26 Å². The van der Waals surface area contributed by atoms with Gasteiger partial charge in [-0.3, -0.25) is 0 Å². The van der Waals surface area contributed by atoms with Crippen LogP contribution >= 0.6 is 11.6 Å². The molecule has 13 heavy (non-hydrogen) atoms. The third-order valence-electron chi connectivity index (χ3n) is 1.47. The lowest BCUT2D eigenvalue weighted by Crippen LogP contribution is -2.00. The van der Waals surface area contributed by atoms with Crippen LogP contribution in [0.15, 0.2) is 18.2 Å². The third-order valence-corrected chi connectivity index (χ3v) is 2.54. The molecule has 72 valence electrons. The van der Waals surface area contributed by atoms with Crippen LogP contribution in [-0.2, 0) is 15.6 Å². The molecule has 0 heterocycles. The molecule has 0 aliphatic carbocycles. The largest absolute Gasteiger partial charge is 0.508 e. The van der Waals surface area contributed by atoms with Crippen molar-refractivity contribution in [1.29, 1.82) is 0 Å². The standard InChI is InChI=1S/C8H9ClO3S/c1-13(11,12)5-6-2-3-7(9)4-8(6)10/h2-4,10H,5H2,1H3. The first-order chi connectivity index (χ1) is 5.88. The SMILES string of the molecule is CS(=O)(=O)Cc1ccc(Cl)cc1O. The highest BCUT2D eigenvalue weighted by Gasteiger charge is 2.08. The molecule has 5 heteroatoms. The Labute approximate surface area is 81.9 Å². The van der Waals surface area contributed by atoms with E-state index in [4.69, 9.17) is 11.6 Å². The molecule has 3 nitrogen and oxygen atoms in total. The normalized spacial score (nSPS) is 11.5. The number of sulfone groups is 1. The van der Waals surface area contributed by atoms with Gasteiger partial charge in [-0.1, -0.05) is 17.7 Å². The number of rotatable bonds is 2. The predicted octanol–water partition coefficient (Wildman–Crippen LogP) is 1.59. The number of phenolic OH excluding ortho intramolecular Hbond substituents is 1. The average Bonchev–Trinajstić information content (AvgIpc) is 1.93. The van der Waals surface area contributed by atoms with Crippen LogP contribution < -0.4 is 0 Å². The van der Waals surface area contributed by atoms with Crippen molar-refractivity contribution in [2.75, 3.05) is 6.26 Å². The lowest BCUT2D eigenvalue weighted by Gasteiger charge is -2.02. The van der Waals surface area contributed by atoms with E-state index in [-0.39, 0.29) is 11.5 Å². The topological polar surface area (TPSA) is 54.4 Å². The molecule has 0 spiro atoms. The summed E-state index contributed by atoms with van der Waals surface area (Å²) in [7, 11) is -3.12. The predicted molar refractivity (Wildman–Crippen MR) is 51.7 cm³/mol. The zero-order valence-corrected chi connectivity index (χ0v) is 8.56. The second-order valence-electron chi connectivity index (χ2n) is 2.84. The fourth-order valence-electron chi connectivity index (χ4n) is 0.942. The van der Waals surface area contributed by atoms with Gasteiger partial charge in [-0.25, -0.2) is 8.42 Å². The zero-order valence-electron chi connectivity index (χ0n) is 6.99. The molecule has 0 unspecified atom stereocenters. The Kier molecular flexibility index (Phi) is 2.83. The lowest BCUT2D eigenvalue weighted by molar-refractivity contribution is 0.470. The van der Waals surface area contributed by atoms with Crippen molar-refractivity contribution >= 4 is 21.4 Å². The van der Waals surface area contributed by atoms with E-state index in [9.17, 15) is 13.5 Å². The minimum atomic E-state index is -3.12. The Morgan fingerprint density at radius 1 is 1.46 bits per heavy atom. The molecule has 1 aromatic rings. The molecule has 1 aromatic carbocycles. The van der Waals surface area contributed by atoms with Gasteiger partial charge in [-0.15, -0.1) is 0 Å². The van der Waals surface area contributed by atoms with Crippen LogP contribution in [0.3, 0.4) is 0 Å². The Morgan fingerprint density at radius 2 is 2.08 bits per heavy atom. The van der Waals surface area contributed by atoms with Crippen LogP contribution in [-0.4, -0.2) is 19.8 Å². The van der Waals surface area contributed by atoms with Gasteiger partial charge < -0.3 is 5.11 Å². The summed E-state index contributed by atoms with van der Waals surface area (Å²) in [5.41, 5.74) is 0.368. The van der Waals surface area contributed by atoms with Gasteiger partial charge in [0.05, 0.1) is 5.75 Å². The Hall–Kier alpha value is -0.740. The highest BCUT2D eigenvalue weighted by Crippen LogP contribution is 2.23. The second kappa shape index (κ2) is 3.55. The quantitative estimate of drug-likeness (QED) is 0.824. The van der Waals surface area contributed by atoms with Crippen LogP contribution in [0.2, 0.25) is 5.02 Å². The van der Waals surface area contributed by atoms with E-state index < -0.39 is 9.84 Å². The van der Waals surface area contributed by atoms with Gasteiger partial charge in [-0.05, 0) is 12.1 Å². The maximum Gasteiger partial charge on any atom is 0.151 e. The summed E-state index contributed by atoms with van der Waals surface area (Å²) >= 11 is 5.58.